The van der Waals surface area contributed by atoms with E-state index in [9.17, 15) is 0 Å². The zero-order valence-electron chi connectivity index (χ0n) is 13.9. The maximum absolute atomic E-state index is 6.31. The van der Waals surface area contributed by atoms with Gasteiger partial charge >= 0.3 is 0 Å². The summed E-state index contributed by atoms with van der Waals surface area (Å²) >= 11 is 0. The van der Waals surface area contributed by atoms with Gasteiger partial charge in [0, 0.05) is 25.4 Å². The Kier molecular flexibility index (Phi) is 4.02. The van der Waals surface area contributed by atoms with E-state index >= 15 is 0 Å². The van der Waals surface area contributed by atoms with Crippen LogP contribution in [0.4, 0.5) is 5.82 Å². The number of hydrogen-bond acceptors (Lipinski definition) is 7. The Labute approximate surface area is 141 Å². The van der Waals surface area contributed by atoms with Crippen molar-refractivity contribution in [1.29, 1.82) is 0 Å². The summed E-state index contributed by atoms with van der Waals surface area (Å²) in [6.07, 6.45) is 5.76. The number of nitrogens with zero attached hydrogens (tertiary/aromatic N) is 5. The molecule has 3 atom stereocenters. The van der Waals surface area contributed by atoms with Gasteiger partial charge < -0.3 is 14.4 Å². The van der Waals surface area contributed by atoms with E-state index in [2.05, 4.69) is 24.8 Å². The second-order valence-electron chi connectivity index (χ2n) is 6.34. The lowest BCUT2D eigenvalue weighted by Gasteiger charge is -2.34. The van der Waals surface area contributed by atoms with E-state index in [-0.39, 0.29) is 12.2 Å². The first-order valence-electron chi connectivity index (χ1n) is 8.29. The topological polar surface area (TPSA) is 73.3 Å². The smallest absolute Gasteiger partial charge is 0.218 e. The largest absolute Gasteiger partial charge is 0.481 e. The Morgan fingerprint density at radius 2 is 2.21 bits per heavy atom. The van der Waals surface area contributed by atoms with Crippen LogP contribution in [-0.4, -0.2) is 46.2 Å². The number of hydrogen-bond donors (Lipinski definition) is 0. The molecule has 0 unspecified atom stereocenters. The lowest BCUT2D eigenvalue weighted by atomic mass is 9.91. The van der Waals surface area contributed by atoms with Gasteiger partial charge in [0.05, 0.1) is 18.9 Å². The van der Waals surface area contributed by atoms with Crippen LogP contribution in [0.3, 0.4) is 0 Å². The molecule has 0 spiro atoms. The van der Waals surface area contributed by atoms with Gasteiger partial charge in [0.25, 0.3) is 0 Å². The quantitative estimate of drug-likeness (QED) is 0.853. The number of aryl methyl sites for hydroxylation is 1. The van der Waals surface area contributed by atoms with Crippen molar-refractivity contribution in [2.24, 2.45) is 5.92 Å². The molecule has 0 bridgehead atoms. The summed E-state index contributed by atoms with van der Waals surface area (Å²) in [6, 6.07) is 3.84. The van der Waals surface area contributed by atoms with Crippen molar-refractivity contribution in [3.05, 3.63) is 36.2 Å². The molecule has 7 heteroatoms. The average Bonchev–Trinajstić information content (AvgIpc) is 3.05. The van der Waals surface area contributed by atoms with Gasteiger partial charge in [-0.05, 0) is 31.7 Å². The molecule has 2 aliphatic heterocycles. The summed E-state index contributed by atoms with van der Waals surface area (Å²) in [6.45, 7) is 3.72. The fourth-order valence-corrected chi connectivity index (χ4v) is 3.60. The molecular weight excluding hydrogens is 306 g/mol. The standard InChI is InChI=1S/C17H21N5O2/c1-11-18-5-3-13(21-11)14-7-12-4-6-22(9-15(12)24-14)16-8-17(23-2)20-10-19-16/h3,5,8,10,12,14-15H,4,6-7,9H2,1-2H3/t12-,14-,15+/m0/s1. The van der Waals surface area contributed by atoms with Gasteiger partial charge in [-0.25, -0.2) is 19.9 Å². The first-order chi connectivity index (χ1) is 11.7. The predicted octanol–water partition coefficient (Wildman–Crippen LogP) is 1.94. The van der Waals surface area contributed by atoms with Crippen LogP contribution >= 0.6 is 0 Å². The first kappa shape index (κ1) is 15.3. The van der Waals surface area contributed by atoms with Crippen molar-refractivity contribution < 1.29 is 9.47 Å². The van der Waals surface area contributed by atoms with E-state index < -0.39 is 0 Å². The number of methoxy groups -OCH3 is 1. The molecule has 4 rings (SSSR count). The van der Waals surface area contributed by atoms with Crippen LogP contribution < -0.4 is 9.64 Å². The number of ether oxygens (including phenoxy) is 2. The van der Waals surface area contributed by atoms with Crippen molar-refractivity contribution >= 4 is 5.82 Å². The molecule has 0 N–H and O–H groups in total. The van der Waals surface area contributed by atoms with E-state index in [1.807, 2.05) is 25.3 Å². The molecular formula is C17H21N5O2. The minimum atomic E-state index is 0.0709. The van der Waals surface area contributed by atoms with Gasteiger partial charge in [-0.3, -0.25) is 0 Å². The highest BCUT2D eigenvalue weighted by molar-refractivity contribution is 5.41. The Hall–Kier alpha value is -2.28. The molecule has 4 heterocycles. The maximum Gasteiger partial charge on any atom is 0.218 e. The van der Waals surface area contributed by atoms with E-state index in [1.165, 1.54) is 0 Å². The summed E-state index contributed by atoms with van der Waals surface area (Å²) in [5.41, 5.74) is 0.993. The molecule has 0 saturated carbocycles. The van der Waals surface area contributed by atoms with Crippen LogP contribution in [-0.2, 0) is 4.74 Å². The normalized spacial score (nSPS) is 26.2. The minimum absolute atomic E-state index is 0.0709. The fourth-order valence-electron chi connectivity index (χ4n) is 3.60. The highest BCUT2D eigenvalue weighted by Crippen LogP contribution is 2.41. The Morgan fingerprint density at radius 3 is 3.04 bits per heavy atom. The van der Waals surface area contributed by atoms with Gasteiger partial charge in [0.15, 0.2) is 0 Å². The van der Waals surface area contributed by atoms with Crippen LogP contribution in [0.2, 0.25) is 0 Å². The lowest BCUT2D eigenvalue weighted by molar-refractivity contribution is 0.0296. The van der Waals surface area contributed by atoms with Crippen LogP contribution in [0.5, 0.6) is 5.88 Å². The molecule has 7 nitrogen and oxygen atoms in total. The van der Waals surface area contributed by atoms with Gasteiger partial charge in [-0.2, -0.15) is 0 Å². The molecule has 0 radical (unpaired) electrons. The SMILES string of the molecule is COc1cc(N2CC[C@H]3C[C@@H](c4ccnc(C)n4)O[C@@H]3C2)ncn1. The summed E-state index contributed by atoms with van der Waals surface area (Å²) in [5, 5.41) is 0. The lowest BCUT2D eigenvalue weighted by Crippen LogP contribution is -2.42. The summed E-state index contributed by atoms with van der Waals surface area (Å²) in [5.74, 6) is 2.85. The highest BCUT2D eigenvalue weighted by Gasteiger charge is 2.40. The summed E-state index contributed by atoms with van der Waals surface area (Å²) < 4.78 is 11.5. The molecule has 2 aromatic rings. The number of piperidine rings is 1. The van der Waals surface area contributed by atoms with Crippen molar-refractivity contribution in [3.8, 4) is 5.88 Å². The van der Waals surface area contributed by atoms with Crippen molar-refractivity contribution in [2.75, 3.05) is 25.1 Å². The third-order valence-corrected chi connectivity index (χ3v) is 4.84. The van der Waals surface area contributed by atoms with Crippen LogP contribution in [0.1, 0.15) is 30.5 Å². The van der Waals surface area contributed by atoms with Crippen LogP contribution in [0.15, 0.2) is 24.7 Å². The Bertz CT molecular complexity index is 726. The zero-order valence-corrected chi connectivity index (χ0v) is 13.9. The van der Waals surface area contributed by atoms with E-state index in [1.54, 1.807) is 13.4 Å². The average molecular weight is 327 g/mol. The second-order valence-corrected chi connectivity index (χ2v) is 6.34. The van der Waals surface area contributed by atoms with E-state index in [0.717, 1.165) is 43.3 Å². The number of aromatic nitrogens is 4. The van der Waals surface area contributed by atoms with E-state index in [4.69, 9.17) is 9.47 Å². The summed E-state index contributed by atoms with van der Waals surface area (Å²) in [7, 11) is 1.62. The highest BCUT2D eigenvalue weighted by atomic mass is 16.5. The Morgan fingerprint density at radius 1 is 1.29 bits per heavy atom. The van der Waals surface area contributed by atoms with Crippen molar-refractivity contribution in [1.82, 2.24) is 19.9 Å². The van der Waals surface area contributed by atoms with Crippen molar-refractivity contribution in [3.63, 3.8) is 0 Å². The number of fused-ring (bicyclic) bond motifs is 1. The molecule has 0 amide bonds. The number of anilines is 1. The minimum Gasteiger partial charge on any atom is -0.481 e. The molecule has 24 heavy (non-hydrogen) atoms. The predicted molar refractivity (Wildman–Crippen MR) is 87.9 cm³/mol. The van der Waals surface area contributed by atoms with Gasteiger partial charge in [0.1, 0.15) is 24.1 Å². The Balaban J connectivity index is 1.47. The fraction of sp³-hybridized carbons (Fsp3) is 0.529. The van der Waals surface area contributed by atoms with Crippen molar-refractivity contribution in [2.45, 2.75) is 32.0 Å². The first-order valence-corrected chi connectivity index (χ1v) is 8.29. The monoisotopic (exact) mass is 327 g/mol. The molecule has 126 valence electrons. The molecule has 0 aliphatic carbocycles. The zero-order chi connectivity index (χ0) is 16.5. The third kappa shape index (κ3) is 2.91. The third-order valence-electron chi connectivity index (χ3n) is 4.84. The molecule has 0 aromatic carbocycles. The van der Waals surface area contributed by atoms with Crippen LogP contribution in [0.25, 0.3) is 0 Å². The molecule has 2 aromatic heterocycles. The number of rotatable bonds is 3. The maximum atomic E-state index is 6.31. The molecule has 2 saturated heterocycles. The van der Waals surface area contributed by atoms with Gasteiger partial charge in [-0.15, -0.1) is 0 Å². The summed E-state index contributed by atoms with van der Waals surface area (Å²) in [4.78, 5) is 19.4. The second kappa shape index (κ2) is 6.32. The molecule has 2 aliphatic rings. The molecule has 2 fully saturated rings. The van der Waals surface area contributed by atoms with Crippen LogP contribution in [0, 0.1) is 12.8 Å². The van der Waals surface area contributed by atoms with E-state index in [0.29, 0.717) is 11.8 Å². The van der Waals surface area contributed by atoms with Gasteiger partial charge in [-0.1, -0.05) is 0 Å². The van der Waals surface area contributed by atoms with Gasteiger partial charge in [0.2, 0.25) is 5.88 Å².